The van der Waals surface area contributed by atoms with Crippen LogP contribution in [0.15, 0.2) is 42.0 Å². The molecule has 5 aliphatic rings. The van der Waals surface area contributed by atoms with Crippen molar-refractivity contribution in [3.05, 3.63) is 58.1 Å². The first kappa shape index (κ1) is 25.0. The summed E-state index contributed by atoms with van der Waals surface area (Å²) in [7, 11) is 1.48. The van der Waals surface area contributed by atoms with E-state index in [1.54, 1.807) is 12.1 Å². The lowest BCUT2D eigenvalue weighted by Crippen LogP contribution is -2.54. The molecule has 7 nitrogen and oxygen atoms in total. The van der Waals surface area contributed by atoms with Crippen LogP contribution >= 0.6 is 11.6 Å². The van der Waals surface area contributed by atoms with Crippen molar-refractivity contribution in [2.75, 3.05) is 18.6 Å². The van der Waals surface area contributed by atoms with Crippen molar-refractivity contribution in [2.45, 2.75) is 50.9 Å². The van der Waals surface area contributed by atoms with Crippen molar-refractivity contribution in [2.24, 2.45) is 17.8 Å². The fourth-order valence-corrected chi connectivity index (χ4v) is 7.92. The van der Waals surface area contributed by atoms with E-state index in [1.165, 1.54) is 57.3 Å². The lowest BCUT2D eigenvalue weighted by Gasteiger charge is -2.57. The summed E-state index contributed by atoms with van der Waals surface area (Å²) in [5, 5.41) is 2.58. The number of hydrogen-bond donors (Lipinski definition) is 1. The molecule has 4 amide bonds. The van der Waals surface area contributed by atoms with E-state index in [0.29, 0.717) is 29.4 Å². The van der Waals surface area contributed by atoms with Crippen LogP contribution in [-0.2, 0) is 15.0 Å². The monoisotopic (exact) mass is 534 g/mol. The number of anilines is 1. The minimum absolute atomic E-state index is 0.168. The molecule has 1 saturated heterocycles. The molecule has 38 heavy (non-hydrogen) atoms. The molecule has 0 aromatic heterocycles. The molecular weight excluding hydrogens is 504 g/mol. The quantitative estimate of drug-likeness (QED) is 0.369. The van der Waals surface area contributed by atoms with Gasteiger partial charge >= 0.3 is 6.03 Å². The summed E-state index contributed by atoms with van der Waals surface area (Å²) in [6.45, 7) is 2.21. The highest BCUT2D eigenvalue weighted by Crippen LogP contribution is 2.60. The average molecular weight is 535 g/mol. The Labute approximate surface area is 227 Å². The second kappa shape index (κ2) is 9.45. The van der Waals surface area contributed by atoms with Crippen molar-refractivity contribution >= 4 is 41.2 Å². The first-order chi connectivity index (χ1) is 18.3. The van der Waals surface area contributed by atoms with Crippen LogP contribution in [0.2, 0.25) is 5.02 Å². The van der Waals surface area contributed by atoms with Gasteiger partial charge in [0.25, 0.3) is 11.8 Å². The van der Waals surface area contributed by atoms with Gasteiger partial charge in [0.2, 0.25) is 0 Å². The molecule has 2 aromatic rings. The van der Waals surface area contributed by atoms with E-state index in [-0.39, 0.29) is 16.0 Å². The van der Waals surface area contributed by atoms with E-state index in [1.807, 2.05) is 19.1 Å². The Hall–Kier alpha value is -3.32. The van der Waals surface area contributed by atoms with Gasteiger partial charge in [-0.05, 0) is 110 Å². The van der Waals surface area contributed by atoms with Gasteiger partial charge in [-0.15, -0.1) is 0 Å². The summed E-state index contributed by atoms with van der Waals surface area (Å²) in [4.78, 5) is 40.0. The number of carbonyl (C=O) groups excluding carboxylic acids is 3. The molecule has 4 saturated carbocycles. The maximum Gasteiger partial charge on any atom is 0.335 e. The lowest BCUT2D eigenvalue weighted by molar-refractivity contribution is -0.122. The Bertz CT molecular complexity index is 1310. The molecule has 198 valence electrons. The summed E-state index contributed by atoms with van der Waals surface area (Å²) in [6.07, 6.45) is 9.22. The number of halogens is 1. The first-order valence-corrected chi connectivity index (χ1v) is 13.7. The van der Waals surface area contributed by atoms with E-state index in [9.17, 15) is 14.4 Å². The molecule has 2 aromatic carbocycles. The number of nitrogens with one attached hydrogen (secondary N) is 1. The first-order valence-electron chi connectivity index (χ1n) is 13.3. The van der Waals surface area contributed by atoms with Crippen LogP contribution in [0.1, 0.15) is 56.6 Å². The third-order valence-electron chi connectivity index (χ3n) is 8.72. The number of hydrogen-bond acceptors (Lipinski definition) is 5. The molecule has 7 rings (SSSR count). The molecule has 0 atom stereocenters. The Balaban J connectivity index is 1.29. The summed E-state index contributed by atoms with van der Waals surface area (Å²) in [5.74, 6) is 1.78. The summed E-state index contributed by atoms with van der Waals surface area (Å²) in [5.41, 5.74) is 2.26. The fourth-order valence-electron chi connectivity index (χ4n) is 7.62. The van der Waals surface area contributed by atoms with E-state index in [4.69, 9.17) is 21.1 Å². The zero-order valence-electron chi connectivity index (χ0n) is 21.6. The number of barbiturate groups is 1. The van der Waals surface area contributed by atoms with Gasteiger partial charge in [-0.25, -0.2) is 9.69 Å². The third kappa shape index (κ3) is 4.17. The van der Waals surface area contributed by atoms with Crippen LogP contribution in [0.5, 0.6) is 11.5 Å². The van der Waals surface area contributed by atoms with Gasteiger partial charge in [-0.1, -0.05) is 23.7 Å². The number of ether oxygens (including phenoxy) is 2. The highest BCUT2D eigenvalue weighted by atomic mass is 35.5. The number of nitrogens with zero attached hydrogens (tertiary/aromatic N) is 1. The van der Waals surface area contributed by atoms with E-state index in [0.717, 1.165) is 22.7 Å². The van der Waals surface area contributed by atoms with Crippen molar-refractivity contribution in [3.63, 3.8) is 0 Å². The highest BCUT2D eigenvalue weighted by Gasteiger charge is 2.51. The molecule has 8 heteroatoms. The standard InChI is InChI=1S/C30H31ClN2O5/c1-3-38-25-13-17(12-24(31)26(25)37-2)11-23-27(34)32-29(36)33(28(23)35)22-6-4-21(5-7-22)30-14-18-8-19(15-30)10-20(9-18)16-30/h4-7,11-13,18-20H,3,8-10,14-16H2,1-2H3,(H,32,34,36)/b23-11+. The second-order valence-corrected chi connectivity index (χ2v) is 11.6. The Kier molecular flexibility index (Phi) is 6.22. The molecule has 1 N–H and O–H groups in total. The predicted octanol–water partition coefficient (Wildman–Crippen LogP) is 5.88. The average Bonchev–Trinajstić information content (AvgIpc) is 2.86. The number of amides is 4. The van der Waals surface area contributed by atoms with Crippen molar-refractivity contribution < 1.29 is 23.9 Å². The molecule has 0 unspecified atom stereocenters. The Morgan fingerprint density at radius 2 is 1.66 bits per heavy atom. The molecule has 0 spiro atoms. The van der Waals surface area contributed by atoms with Gasteiger partial charge < -0.3 is 9.47 Å². The SMILES string of the molecule is CCOc1cc(/C=C2\C(=O)NC(=O)N(c3ccc(C45CC6CC(CC(C6)C4)C5)cc3)C2=O)cc(Cl)c1OC. The van der Waals surface area contributed by atoms with Gasteiger partial charge in [-0.2, -0.15) is 0 Å². The van der Waals surface area contributed by atoms with Crippen LogP contribution in [0.3, 0.4) is 0 Å². The molecule has 1 heterocycles. The minimum Gasteiger partial charge on any atom is -0.491 e. The Morgan fingerprint density at radius 1 is 1.03 bits per heavy atom. The van der Waals surface area contributed by atoms with Crippen molar-refractivity contribution in [1.82, 2.24) is 5.32 Å². The second-order valence-electron chi connectivity index (χ2n) is 11.2. The maximum atomic E-state index is 13.5. The predicted molar refractivity (Wildman–Crippen MR) is 144 cm³/mol. The van der Waals surface area contributed by atoms with E-state index >= 15 is 0 Å². The zero-order chi connectivity index (χ0) is 26.6. The Morgan fingerprint density at radius 3 is 2.24 bits per heavy atom. The molecular formula is C30H31ClN2O5. The van der Waals surface area contributed by atoms with Gasteiger partial charge in [0.15, 0.2) is 11.5 Å². The van der Waals surface area contributed by atoms with Crippen molar-refractivity contribution in [1.29, 1.82) is 0 Å². The topological polar surface area (TPSA) is 84.9 Å². The van der Waals surface area contributed by atoms with Crippen LogP contribution in [0, 0.1) is 17.8 Å². The lowest BCUT2D eigenvalue weighted by atomic mass is 9.48. The number of imide groups is 2. The summed E-state index contributed by atoms with van der Waals surface area (Å²) in [6, 6.07) is 10.3. The normalized spacial score (nSPS) is 29.1. The summed E-state index contributed by atoms with van der Waals surface area (Å²) >= 11 is 6.35. The zero-order valence-corrected chi connectivity index (χ0v) is 22.3. The van der Waals surface area contributed by atoms with Crippen LogP contribution in [-0.4, -0.2) is 31.6 Å². The molecule has 4 bridgehead atoms. The highest BCUT2D eigenvalue weighted by molar-refractivity contribution is 6.39. The fraction of sp³-hybridized carbons (Fsp3) is 0.433. The number of rotatable bonds is 6. The van der Waals surface area contributed by atoms with E-state index in [2.05, 4.69) is 17.4 Å². The number of urea groups is 1. The third-order valence-corrected chi connectivity index (χ3v) is 9.01. The smallest absolute Gasteiger partial charge is 0.335 e. The molecule has 0 radical (unpaired) electrons. The molecule has 5 fully saturated rings. The van der Waals surface area contributed by atoms with Crippen LogP contribution in [0.4, 0.5) is 10.5 Å². The molecule has 4 aliphatic carbocycles. The largest absolute Gasteiger partial charge is 0.491 e. The van der Waals surface area contributed by atoms with Crippen molar-refractivity contribution in [3.8, 4) is 11.5 Å². The van der Waals surface area contributed by atoms with Gasteiger partial charge in [0, 0.05) is 0 Å². The maximum absolute atomic E-state index is 13.5. The van der Waals surface area contributed by atoms with Crippen LogP contribution < -0.4 is 19.7 Å². The van der Waals surface area contributed by atoms with E-state index < -0.39 is 17.8 Å². The van der Waals surface area contributed by atoms with Crippen LogP contribution in [0.25, 0.3) is 6.08 Å². The van der Waals surface area contributed by atoms with Gasteiger partial charge in [0.1, 0.15) is 5.57 Å². The number of methoxy groups -OCH3 is 1. The number of benzene rings is 2. The van der Waals surface area contributed by atoms with Gasteiger partial charge in [-0.3, -0.25) is 14.9 Å². The van der Waals surface area contributed by atoms with Gasteiger partial charge in [0.05, 0.1) is 24.4 Å². The summed E-state index contributed by atoms with van der Waals surface area (Å²) < 4.78 is 10.9. The molecule has 1 aliphatic heterocycles. The minimum atomic E-state index is -0.762. The number of carbonyl (C=O) groups is 3.